The Morgan fingerprint density at radius 1 is 0.892 bits per heavy atom. The van der Waals surface area contributed by atoms with Gasteiger partial charge in [0.2, 0.25) is 0 Å². The van der Waals surface area contributed by atoms with E-state index in [-0.39, 0.29) is 17.0 Å². The third-order valence-corrected chi connectivity index (χ3v) is 6.47. The third-order valence-electron chi connectivity index (χ3n) is 6.14. The molecule has 0 unspecified atom stereocenters. The smallest absolute Gasteiger partial charge is 0.355 e. The number of alkyl halides is 3. The second-order valence-corrected chi connectivity index (χ2v) is 9.09. The van der Waals surface area contributed by atoms with E-state index in [1.54, 1.807) is 42.6 Å². The van der Waals surface area contributed by atoms with Gasteiger partial charge in [-0.15, -0.1) is 0 Å². The molecule has 188 valence electrons. The molecule has 2 heterocycles. The molecule has 1 aliphatic rings. The number of carbonyl (C=O) groups excluding carboxylic acids is 2. The van der Waals surface area contributed by atoms with Crippen LogP contribution in [0, 0.1) is 0 Å². The highest BCUT2D eigenvalue weighted by Crippen LogP contribution is 2.35. The molecular weight excluding hydrogens is 505 g/mol. The molecule has 1 fully saturated rings. The van der Waals surface area contributed by atoms with Crippen LogP contribution in [0.2, 0.25) is 5.02 Å². The fraction of sp³-hybridized carbons (Fsp3) is 0.185. The van der Waals surface area contributed by atoms with Crippen LogP contribution in [0.25, 0.3) is 11.0 Å². The van der Waals surface area contributed by atoms with Crippen molar-refractivity contribution < 1.29 is 22.8 Å². The van der Waals surface area contributed by atoms with Gasteiger partial charge in [-0.1, -0.05) is 23.7 Å². The van der Waals surface area contributed by atoms with E-state index >= 15 is 0 Å². The van der Waals surface area contributed by atoms with E-state index < -0.39 is 22.7 Å². The number of nitrogens with one attached hydrogen (secondary N) is 1. The summed E-state index contributed by atoms with van der Waals surface area (Å²) in [5.74, 6) is -0.283. The van der Waals surface area contributed by atoms with E-state index in [4.69, 9.17) is 11.6 Å². The number of anilines is 2. The van der Waals surface area contributed by atoms with Crippen LogP contribution in [0.3, 0.4) is 0 Å². The fourth-order valence-corrected chi connectivity index (χ4v) is 4.46. The summed E-state index contributed by atoms with van der Waals surface area (Å²) >= 11 is 5.64. The first-order valence-electron chi connectivity index (χ1n) is 11.5. The van der Waals surface area contributed by atoms with Crippen LogP contribution >= 0.6 is 11.6 Å². The number of nitrogens with zero attached hydrogens (tertiary/aromatic N) is 3. The topological polar surface area (TPSA) is 75.2 Å². The first kappa shape index (κ1) is 24.7. The number of rotatable bonds is 5. The quantitative estimate of drug-likeness (QED) is 0.306. The molecule has 0 saturated carbocycles. The number of carbonyl (C=O) groups is 2. The van der Waals surface area contributed by atoms with Crippen LogP contribution in [0.5, 0.6) is 0 Å². The molecule has 0 spiro atoms. The van der Waals surface area contributed by atoms with E-state index in [1.165, 1.54) is 12.1 Å². The number of hydrogen-bond donors (Lipinski definition) is 1. The number of hydrogen-bond acceptors (Lipinski definition) is 5. The van der Waals surface area contributed by atoms with Gasteiger partial charge >= 0.3 is 6.18 Å². The molecule has 1 aliphatic heterocycles. The average Bonchev–Trinajstić information content (AvgIpc) is 3.42. The van der Waals surface area contributed by atoms with Crippen LogP contribution in [0.15, 0.2) is 66.9 Å². The van der Waals surface area contributed by atoms with Crippen LogP contribution < -0.4 is 10.2 Å². The maximum Gasteiger partial charge on any atom is 0.417 e. The number of aromatic nitrogens is 2. The van der Waals surface area contributed by atoms with Gasteiger partial charge in [-0.2, -0.15) is 13.2 Å². The number of amides is 1. The van der Waals surface area contributed by atoms with Crippen LogP contribution in [-0.4, -0.2) is 34.7 Å². The van der Waals surface area contributed by atoms with E-state index in [0.29, 0.717) is 28.2 Å². The largest absolute Gasteiger partial charge is 0.417 e. The molecule has 1 saturated heterocycles. The second kappa shape index (κ2) is 9.82. The number of fused-ring (bicyclic) bond motifs is 1. The van der Waals surface area contributed by atoms with Crippen molar-refractivity contribution in [2.75, 3.05) is 23.3 Å². The van der Waals surface area contributed by atoms with Gasteiger partial charge in [0.05, 0.1) is 27.8 Å². The highest BCUT2D eigenvalue weighted by Gasteiger charge is 2.33. The minimum absolute atomic E-state index is 0.213. The summed E-state index contributed by atoms with van der Waals surface area (Å²) in [5.41, 5.74) is 0.915. The lowest BCUT2D eigenvalue weighted by atomic mass is 10.0. The summed E-state index contributed by atoms with van der Waals surface area (Å²) in [6, 6.07) is 14.2. The molecule has 0 radical (unpaired) electrons. The zero-order valence-corrected chi connectivity index (χ0v) is 20.1. The van der Waals surface area contributed by atoms with Crippen molar-refractivity contribution in [3.8, 4) is 0 Å². The summed E-state index contributed by atoms with van der Waals surface area (Å²) in [7, 11) is 0. The molecule has 1 aromatic heterocycles. The molecule has 4 aromatic rings. The number of halogens is 4. The Balaban J connectivity index is 1.37. The molecule has 6 nitrogen and oxygen atoms in total. The van der Waals surface area contributed by atoms with Crippen LogP contribution in [-0.2, 0) is 6.18 Å². The minimum atomic E-state index is -4.70. The van der Waals surface area contributed by atoms with Crippen LogP contribution in [0.1, 0.15) is 44.7 Å². The summed E-state index contributed by atoms with van der Waals surface area (Å²) in [4.78, 5) is 37.1. The molecule has 10 heteroatoms. The molecule has 0 atom stereocenters. The SMILES string of the molecule is O=C(Nc1cccc(C(=O)c2ccc3ncc(N4CCCC4)nc3c2)c1)c1ccc(Cl)c(C(F)(F)F)c1. The summed E-state index contributed by atoms with van der Waals surface area (Å²) in [6.07, 6.45) is -0.752. The first-order chi connectivity index (χ1) is 17.7. The van der Waals surface area contributed by atoms with Gasteiger partial charge in [-0.3, -0.25) is 14.6 Å². The molecule has 1 amide bonds. The minimum Gasteiger partial charge on any atom is -0.355 e. The maximum atomic E-state index is 13.2. The Morgan fingerprint density at radius 3 is 2.38 bits per heavy atom. The highest BCUT2D eigenvalue weighted by molar-refractivity contribution is 6.31. The molecule has 0 bridgehead atoms. The standard InChI is InChI=1S/C27H20ClF3N4O2/c28-21-8-6-18(13-20(21)27(29,30)31)26(37)33-19-5-3-4-16(12-19)25(36)17-7-9-22-23(14-17)34-24(15-32-22)35-10-1-2-11-35/h3-9,12-15H,1-2,10-11H2,(H,33,37). The van der Waals surface area contributed by atoms with Gasteiger partial charge in [0.15, 0.2) is 5.78 Å². The van der Waals surface area contributed by atoms with Crippen molar-refractivity contribution >= 4 is 45.8 Å². The maximum absolute atomic E-state index is 13.2. The van der Waals surface area contributed by atoms with Gasteiger partial charge in [-0.25, -0.2) is 4.98 Å². The Hall–Kier alpha value is -3.98. The predicted octanol–water partition coefficient (Wildman–Crippen LogP) is 6.39. The van der Waals surface area contributed by atoms with Gasteiger partial charge in [0.1, 0.15) is 5.82 Å². The van der Waals surface area contributed by atoms with Crippen molar-refractivity contribution in [1.29, 1.82) is 0 Å². The zero-order chi connectivity index (χ0) is 26.2. The van der Waals surface area contributed by atoms with E-state index in [2.05, 4.69) is 20.2 Å². The summed E-state index contributed by atoms with van der Waals surface area (Å²) < 4.78 is 39.5. The number of ketones is 1. The average molecular weight is 525 g/mol. The molecule has 5 rings (SSSR count). The molecule has 1 N–H and O–H groups in total. The van der Waals surface area contributed by atoms with Crippen molar-refractivity contribution in [3.63, 3.8) is 0 Å². The monoisotopic (exact) mass is 524 g/mol. The lowest BCUT2D eigenvalue weighted by Gasteiger charge is -2.16. The van der Waals surface area contributed by atoms with Crippen molar-refractivity contribution in [2.45, 2.75) is 19.0 Å². The number of benzene rings is 3. The molecule has 0 aliphatic carbocycles. The predicted molar refractivity (Wildman–Crippen MR) is 135 cm³/mol. The Labute approximate surface area is 215 Å². The Morgan fingerprint density at radius 2 is 1.62 bits per heavy atom. The Bertz CT molecular complexity index is 1520. The van der Waals surface area contributed by atoms with E-state index in [1.807, 2.05) is 0 Å². The van der Waals surface area contributed by atoms with Gasteiger partial charge in [0.25, 0.3) is 5.91 Å². The zero-order valence-electron chi connectivity index (χ0n) is 19.3. The lowest BCUT2D eigenvalue weighted by Crippen LogP contribution is -2.19. The fourth-order valence-electron chi connectivity index (χ4n) is 4.23. The summed E-state index contributed by atoms with van der Waals surface area (Å²) in [6.45, 7) is 1.84. The first-order valence-corrected chi connectivity index (χ1v) is 11.9. The van der Waals surface area contributed by atoms with Crippen LogP contribution in [0.4, 0.5) is 24.7 Å². The molecule has 37 heavy (non-hydrogen) atoms. The van der Waals surface area contributed by atoms with Gasteiger partial charge in [-0.05, 0) is 61.4 Å². The van der Waals surface area contributed by atoms with Gasteiger partial charge in [0, 0.05) is 35.5 Å². The van der Waals surface area contributed by atoms with Crippen molar-refractivity contribution in [2.24, 2.45) is 0 Å². The van der Waals surface area contributed by atoms with Crippen molar-refractivity contribution in [1.82, 2.24) is 9.97 Å². The molecular formula is C27H20ClF3N4O2. The highest BCUT2D eigenvalue weighted by atomic mass is 35.5. The van der Waals surface area contributed by atoms with E-state index in [0.717, 1.165) is 37.8 Å². The third kappa shape index (κ3) is 5.27. The Kier molecular flexibility index (Phi) is 6.55. The van der Waals surface area contributed by atoms with Crippen molar-refractivity contribution in [3.05, 3.63) is 94.1 Å². The molecule has 3 aromatic carbocycles. The summed E-state index contributed by atoms with van der Waals surface area (Å²) in [5, 5.41) is 2.05. The normalized spacial score (nSPS) is 13.7. The second-order valence-electron chi connectivity index (χ2n) is 8.68. The van der Waals surface area contributed by atoms with Gasteiger partial charge < -0.3 is 10.2 Å². The lowest BCUT2D eigenvalue weighted by molar-refractivity contribution is -0.137. The van der Waals surface area contributed by atoms with E-state index in [9.17, 15) is 22.8 Å².